The van der Waals surface area contributed by atoms with Gasteiger partial charge in [-0.15, -0.1) is 11.3 Å². The fourth-order valence-electron chi connectivity index (χ4n) is 4.53. The summed E-state index contributed by atoms with van der Waals surface area (Å²) in [5.41, 5.74) is 18.9. The number of thiazole rings is 1. The van der Waals surface area contributed by atoms with E-state index in [2.05, 4.69) is 30.1 Å². The van der Waals surface area contributed by atoms with E-state index in [-0.39, 0.29) is 24.5 Å². The van der Waals surface area contributed by atoms with Gasteiger partial charge in [0, 0.05) is 69.0 Å². The molecule has 16 heteroatoms. The zero-order valence-electron chi connectivity index (χ0n) is 18.7. The monoisotopic (exact) mass is 545 g/mol. The second kappa shape index (κ2) is 9.79. The van der Waals surface area contributed by atoms with Crippen LogP contribution in [0, 0.1) is 5.82 Å². The molecule has 4 heterocycles. The standard InChI is InChI=1S/C21H15ClF3N11S/c22-14-5-12(23)1-2-13(14)17-16(11-7-30-36(8-11)20(24)25)15-6-21(32-34-27,9-29-33-26)10-35(15)18(31-17)19-28-3-4-37-19/h1-5,7-8,17,20H,6,9-10H2/t17-,21+/m0/s1. The quantitative estimate of drug-likeness (QED) is 0.189. The Balaban J connectivity index is 1.78. The van der Waals surface area contributed by atoms with Crippen LogP contribution < -0.4 is 0 Å². The minimum atomic E-state index is -2.88. The van der Waals surface area contributed by atoms with Gasteiger partial charge < -0.3 is 4.90 Å². The highest BCUT2D eigenvalue weighted by Crippen LogP contribution is 2.49. The second-order valence-electron chi connectivity index (χ2n) is 8.27. The number of rotatable bonds is 7. The molecular formula is C21H15ClF3N11S. The van der Waals surface area contributed by atoms with Crippen LogP contribution in [0.1, 0.15) is 35.1 Å². The number of hydrogen-bond donors (Lipinski definition) is 0. The maximum absolute atomic E-state index is 13.9. The molecule has 3 aromatic rings. The average molecular weight is 546 g/mol. The molecule has 2 aliphatic heterocycles. The molecule has 0 radical (unpaired) electrons. The first kappa shape index (κ1) is 24.7. The van der Waals surface area contributed by atoms with E-state index in [0.717, 1.165) is 6.07 Å². The third kappa shape index (κ3) is 4.49. The van der Waals surface area contributed by atoms with Crippen molar-refractivity contribution in [3.63, 3.8) is 0 Å². The highest BCUT2D eigenvalue weighted by atomic mass is 35.5. The fourth-order valence-corrected chi connectivity index (χ4v) is 5.45. The molecule has 0 unspecified atom stereocenters. The summed E-state index contributed by atoms with van der Waals surface area (Å²) < 4.78 is 41.3. The van der Waals surface area contributed by atoms with E-state index < -0.39 is 23.9 Å². The average Bonchev–Trinajstić information content (AvgIpc) is 3.62. The number of alkyl halides is 2. The van der Waals surface area contributed by atoms with Crippen LogP contribution in [-0.2, 0) is 0 Å². The number of benzene rings is 1. The third-order valence-corrected chi connectivity index (χ3v) is 7.14. The van der Waals surface area contributed by atoms with E-state index >= 15 is 0 Å². The zero-order chi connectivity index (χ0) is 26.2. The van der Waals surface area contributed by atoms with Gasteiger partial charge in [-0.1, -0.05) is 27.9 Å². The summed E-state index contributed by atoms with van der Waals surface area (Å²) in [6.07, 6.45) is 4.16. The number of aromatic nitrogens is 3. The van der Waals surface area contributed by atoms with E-state index in [1.54, 1.807) is 16.5 Å². The molecule has 37 heavy (non-hydrogen) atoms. The summed E-state index contributed by atoms with van der Waals surface area (Å²) in [6.45, 7) is -2.93. The summed E-state index contributed by atoms with van der Waals surface area (Å²) >= 11 is 7.76. The Morgan fingerprint density at radius 1 is 1.30 bits per heavy atom. The van der Waals surface area contributed by atoms with Crippen molar-refractivity contribution < 1.29 is 13.2 Å². The first-order chi connectivity index (χ1) is 17.9. The second-order valence-corrected chi connectivity index (χ2v) is 9.57. The van der Waals surface area contributed by atoms with E-state index in [4.69, 9.17) is 22.1 Å². The summed E-state index contributed by atoms with van der Waals surface area (Å²) in [5, 5.41) is 13.8. The van der Waals surface area contributed by atoms with E-state index in [9.17, 15) is 18.7 Å². The van der Waals surface area contributed by atoms with Crippen LogP contribution in [0.5, 0.6) is 0 Å². The van der Waals surface area contributed by atoms with Gasteiger partial charge in [0.1, 0.15) is 11.9 Å². The maximum Gasteiger partial charge on any atom is 0.333 e. The van der Waals surface area contributed by atoms with Crippen molar-refractivity contribution in [1.82, 2.24) is 19.7 Å². The first-order valence-electron chi connectivity index (χ1n) is 10.7. The SMILES string of the molecule is [N-]=[N+]=NC[C@]1(N=[N+]=[N-])CC2=C(c3cnn(C(F)F)c3)[C@H](c3ccc(F)cc3Cl)N=C(c3nccs3)N2C1. The topological polar surface area (TPSA) is 144 Å². The number of hydrogen-bond acceptors (Lipinski definition) is 7. The Morgan fingerprint density at radius 2 is 2.14 bits per heavy atom. The predicted molar refractivity (Wildman–Crippen MR) is 130 cm³/mol. The van der Waals surface area contributed by atoms with Crippen LogP contribution in [0.4, 0.5) is 13.2 Å². The van der Waals surface area contributed by atoms with Crippen LogP contribution >= 0.6 is 22.9 Å². The molecule has 188 valence electrons. The number of azide groups is 2. The number of amidine groups is 1. The smallest absolute Gasteiger partial charge is 0.327 e. The first-order valence-corrected chi connectivity index (χ1v) is 11.9. The van der Waals surface area contributed by atoms with Gasteiger partial charge in [-0.2, -0.15) is 13.9 Å². The zero-order valence-corrected chi connectivity index (χ0v) is 20.2. The van der Waals surface area contributed by atoms with Crippen molar-refractivity contribution in [3.8, 4) is 0 Å². The summed E-state index contributed by atoms with van der Waals surface area (Å²) in [4.78, 5) is 16.9. The lowest BCUT2D eigenvalue weighted by atomic mass is 9.89. The minimum absolute atomic E-state index is 0.0911. The van der Waals surface area contributed by atoms with E-state index in [1.807, 2.05) is 0 Å². The number of fused-ring (bicyclic) bond motifs is 1. The van der Waals surface area contributed by atoms with Gasteiger partial charge in [0.05, 0.1) is 11.7 Å². The Hall–Kier alpha value is -4.03. The van der Waals surface area contributed by atoms with Gasteiger partial charge in [-0.05, 0) is 28.8 Å². The summed E-state index contributed by atoms with van der Waals surface area (Å²) in [7, 11) is 0. The van der Waals surface area contributed by atoms with Crippen molar-refractivity contribution in [2.45, 2.75) is 24.6 Å². The third-order valence-electron chi connectivity index (χ3n) is 6.04. The molecule has 0 bridgehead atoms. The number of halogens is 4. The molecule has 0 N–H and O–H groups in total. The lowest BCUT2D eigenvalue weighted by Gasteiger charge is -2.32. The van der Waals surface area contributed by atoms with Crippen molar-refractivity contribution in [2.75, 3.05) is 13.1 Å². The van der Waals surface area contributed by atoms with E-state index in [1.165, 1.54) is 35.9 Å². The molecule has 2 aliphatic rings. The largest absolute Gasteiger partial charge is 0.333 e. The Morgan fingerprint density at radius 3 is 2.78 bits per heavy atom. The Kier molecular flexibility index (Phi) is 6.52. The maximum atomic E-state index is 13.9. The van der Waals surface area contributed by atoms with Crippen LogP contribution in [0.25, 0.3) is 26.5 Å². The molecule has 2 aromatic heterocycles. The van der Waals surface area contributed by atoms with Crippen LogP contribution in [-0.4, -0.2) is 44.1 Å². The highest BCUT2D eigenvalue weighted by Gasteiger charge is 2.47. The lowest BCUT2D eigenvalue weighted by Crippen LogP contribution is -2.38. The molecule has 0 aliphatic carbocycles. The van der Waals surface area contributed by atoms with Crippen LogP contribution in [0.2, 0.25) is 5.02 Å². The van der Waals surface area contributed by atoms with Crippen molar-refractivity contribution in [3.05, 3.63) is 95.7 Å². The molecule has 1 fully saturated rings. The summed E-state index contributed by atoms with van der Waals surface area (Å²) in [6, 6.07) is 3.01. The van der Waals surface area contributed by atoms with Gasteiger partial charge in [-0.3, -0.25) is 4.99 Å². The molecule has 0 amide bonds. The molecule has 11 nitrogen and oxygen atoms in total. The summed E-state index contributed by atoms with van der Waals surface area (Å²) in [5.74, 6) is -0.121. The molecule has 0 spiro atoms. The molecule has 1 saturated heterocycles. The molecule has 2 atom stereocenters. The van der Waals surface area contributed by atoms with Gasteiger partial charge >= 0.3 is 6.55 Å². The Labute approximate surface area is 215 Å². The van der Waals surface area contributed by atoms with Crippen molar-refractivity contribution in [1.29, 1.82) is 0 Å². The fraction of sp³-hybridized carbons (Fsp3) is 0.286. The molecule has 5 rings (SSSR count). The van der Waals surface area contributed by atoms with Crippen molar-refractivity contribution in [2.24, 2.45) is 15.2 Å². The van der Waals surface area contributed by atoms with Gasteiger partial charge in [-0.25, -0.2) is 14.1 Å². The highest BCUT2D eigenvalue weighted by molar-refractivity contribution is 7.11. The number of aliphatic imine (C=N–C) groups is 1. The van der Waals surface area contributed by atoms with E-state index in [0.29, 0.717) is 37.9 Å². The molecule has 1 aromatic carbocycles. The van der Waals surface area contributed by atoms with Crippen LogP contribution in [0.15, 0.2) is 63.1 Å². The number of nitrogens with zero attached hydrogens (tertiary/aromatic N) is 11. The van der Waals surface area contributed by atoms with Crippen molar-refractivity contribution >= 4 is 34.3 Å². The molecular weight excluding hydrogens is 531 g/mol. The lowest BCUT2D eigenvalue weighted by molar-refractivity contribution is 0.0566. The Bertz CT molecular complexity index is 1510. The van der Waals surface area contributed by atoms with Crippen LogP contribution in [0.3, 0.4) is 0 Å². The molecule has 0 saturated carbocycles. The predicted octanol–water partition coefficient (Wildman–Crippen LogP) is 6.51. The van der Waals surface area contributed by atoms with Gasteiger partial charge in [0.15, 0.2) is 10.8 Å². The normalized spacial score (nSPS) is 20.9. The van der Waals surface area contributed by atoms with Gasteiger partial charge in [0.2, 0.25) is 0 Å². The van der Waals surface area contributed by atoms with Gasteiger partial charge in [0.25, 0.3) is 0 Å². The minimum Gasteiger partial charge on any atom is -0.327 e.